The first-order valence-electron chi connectivity index (χ1n) is 7.59. The molecule has 25 heavy (non-hydrogen) atoms. The minimum Gasteiger partial charge on any atom is -0.481 e. The van der Waals surface area contributed by atoms with Crippen molar-refractivity contribution in [1.29, 1.82) is 0 Å². The summed E-state index contributed by atoms with van der Waals surface area (Å²) >= 11 is 0. The van der Waals surface area contributed by atoms with Crippen molar-refractivity contribution in [3.8, 4) is 5.75 Å². The van der Waals surface area contributed by atoms with Crippen molar-refractivity contribution in [2.24, 2.45) is 0 Å². The van der Waals surface area contributed by atoms with Gasteiger partial charge in [-0.1, -0.05) is 18.2 Å². The Morgan fingerprint density at radius 3 is 2.48 bits per heavy atom. The van der Waals surface area contributed by atoms with Crippen molar-refractivity contribution in [1.82, 2.24) is 0 Å². The highest BCUT2D eigenvalue weighted by Gasteiger charge is 2.29. The number of amides is 1. The number of hydrogen-bond donors (Lipinski definition) is 1. The number of ether oxygens (including phenoxy) is 1. The third-order valence-corrected chi connectivity index (χ3v) is 4.19. The van der Waals surface area contributed by atoms with Gasteiger partial charge in [0.05, 0.1) is 12.5 Å². The Bertz CT molecular complexity index is 820. The molecular formula is C18H15F2NO4. The van der Waals surface area contributed by atoms with Crippen LogP contribution in [0.4, 0.5) is 14.5 Å². The number of fused-ring (bicyclic) bond motifs is 1. The first-order chi connectivity index (χ1) is 11.9. The summed E-state index contributed by atoms with van der Waals surface area (Å²) in [6.45, 7) is -1.05. The molecule has 7 heteroatoms. The van der Waals surface area contributed by atoms with E-state index in [0.29, 0.717) is 23.4 Å². The zero-order valence-electron chi connectivity index (χ0n) is 13.3. The first-order valence-corrected chi connectivity index (χ1v) is 7.59. The first kappa shape index (κ1) is 16.9. The van der Waals surface area contributed by atoms with Gasteiger partial charge in [-0.05, 0) is 42.3 Å². The van der Waals surface area contributed by atoms with Crippen LogP contribution in [0.3, 0.4) is 0 Å². The number of benzene rings is 2. The minimum atomic E-state index is -2.95. The van der Waals surface area contributed by atoms with E-state index in [-0.39, 0.29) is 11.7 Å². The topological polar surface area (TPSA) is 66.8 Å². The van der Waals surface area contributed by atoms with Crippen molar-refractivity contribution < 1.29 is 28.2 Å². The number of carboxylic acids is 1. The number of halogens is 2. The van der Waals surface area contributed by atoms with Crippen LogP contribution in [-0.2, 0) is 11.3 Å². The summed E-state index contributed by atoms with van der Waals surface area (Å²) in [4.78, 5) is 25.1. The second-order valence-electron chi connectivity index (χ2n) is 5.74. The molecule has 2 aromatic rings. The molecule has 1 amide bonds. The predicted molar refractivity (Wildman–Crippen MR) is 86.1 cm³/mol. The summed E-state index contributed by atoms with van der Waals surface area (Å²) in [7, 11) is 0. The smallest absolute Gasteiger partial charge is 0.387 e. The molecule has 0 aromatic heterocycles. The van der Waals surface area contributed by atoms with Gasteiger partial charge in [-0.25, -0.2) is 0 Å². The predicted octanol–water partition coefficient (Wildman–Crippen LogP) is 3.64. The molecule has 1 atom stereocenters. The monoisotopic (exact) mass is 347 g/mol. The number of aliphatic carboxylic acids is 1. The van der Waals surface area contributed by atoms with E-state index in [1.165, 1.54) is 17.0 Å². The summed E-state index contributed by atoms with van der Waals surface area (Å²) in [5, 5.41) is 9.04. The average Bonchev–Trinajstić information content (AvgIpc) is 2.90. The zero-order valence-corrected chi connectivity index (χ0v) is 13.3. The largest absolute Gasteiger partial charge is 0.481 e. The summed E-state index contributed by atoms with van der Waals surface area (Å²) in [5.74, 6) is -1.94. The molecule has 0 radical (unpaired) electrons. The lowest BCUT2D eigenvalue weighted by molar-refractivity contribution is -0.138. The van der Waals surface area contributed by atoms with Crippen LogP contribution in [0.1, 0.15) is 34.3 Å². The lowest BCUT2D eigenvalue weighted by Crippen LogP contribution is -2.23. The van der Waals surface area contributed by atoms with Crippen LogP contribution in [0.25, 0.3) is 0 Å². The minimum absolute atomic E-state index is 0.0606. The Hall–Kier alpha value is -2.96. The van der Waals surface area contributed by atoms with Crippen LogP contribution < -0.4 is 9.64 Å². The van der Waals surface area contributed by atoms with E-state index < -0.39 is 18.5 Å². The maximum Gasteiger partial charge on any atom is 0.387 e. The van der Waals surface area contributed by atoms with E-state index in [9.17, 15) is 18.4 Å². The molecule has 130 valence electrons. The van der Waals surface area contributed by atoms with Gasteiger partial charge in [0.2, 0.25) is 0 Å². The molecule has 1 N–H and O–H groups in total. The van der Waals surface area contributed by atoms with E-state index in [0.717, 1.165) is 5.56 Å². The molecule has 1 unspecified atom stereocenters. The number of carbonyl (C=O) groups excluding carboxylic acids is 1. The quantitative estimate of drug-likeness (QED) is 0.897. The summed E-state index contributed by atoms with van der Waals surface area (Å²) < 4.78 is 29.0. The van der Waals surface area contributed by atoms with Gasteiger partial charge >= 0.3 is 12.6 Å². The van der Waals surface area contributed by atoms with Gasteiger partial charge in [0.25, 0.3) is 5.91 Å². The molecule has 5 nitrogen and oxygen atoms in total. The molecule has 0 bridgehead atoms. The molecule has 2 aromatic carbocycles. The van der Waals surface area contributed by atoms with Crippen molar-refractivity contribution in [3.63, 3.8) is 0 Å². The van der Waals surface area contributed by atoms with Gasteiger partial charge in [-0.3, -0.25) is 9.59 Å². The third kappa shape index (κ3) is 3.31. The summed E-state index contributed by atoms with van der Waals surface area (Å²) in [6.07, 6.45) is 0. The Labute approximate surface area is 142 Å². The van der Waals surface area contributed by atoms with E-state index >= 15 is 0 Å². The second kappa shape index (κ2) is 6.51. The van der Waals surface area contributed by atoms with Crippen LogP contribution in [0.15, 0.2) is 42.5 Å². The van der Waals surface area contributed by atoms with Crippen LogP contribution in [0.2, 0.25) is 0 Å². The van der Waals surface area contributed by atoms with Crippen LogP contribution in [-0.4, -0.2) is 23.6 Å². The fraction of sp³-hybridized carbons (Fsp3) is 0.222. The maximum atomic E-state index is 12.6. The zero-order chi connectivity index (χ0) is 18.1. The van der Waals surface area contributed by atoms with Gasteiger partial charge in [0.15, 0.2) is 0 Å². The third-order valence-electron chi connectivity index (χ3n) is 4.19. The number of alkyl halides is 2. The molecule has 0 spiro atoms. The lowest BCUT2D eigenvalue weighted by atomic mass is 10.0. The molecular weight excluding hydrogens is 332 g/mol. The van der Waals surface area contributed by atoms with E-state index in [2.05, 4.69) is 4.74 Å². The SMILES string of the molecule is CC(C(=O)O)c1ccc(N2Cc3ccc(OC(F)F)cc3C2=O)cc1. The number of nitrogens with zero attached hydrogens (tertiary/aromatic N) is 1. The molecule has 0 aliphatic carbocycles. The van der Waals surface area contributed by atoms with E-state index in [1.807, 2.05) is 0 Å². The highest BCUT2D eigenvalue weighted by atomic mass is 19.3. The summed E-state index contributed by atoms with van der Waals surface area (Å²) in [5.41, 5.74) is 2.28. The van der Waals surface area contributed by atoms with Crippen LogP contribution >= 0.6 is 0 Å². The van der Waals surface area contributed by atoms with Crippen molar-refractivity contribution in [3.05, 3.63) is 59.2 Å². The highest BCUT2D eigenvalue weighted by Crippen LogP contribution is 2.32. The highest BCUT2D eigenvalue weighted by molar-refractivity contribution is 6.10. The average molecular weight is 347 g/mol. The molecule has 1 aliphatic heterocycles. The van der Waals surface area contributed by atoms with Gasteiger partial charge in [-0.2, -0.15) is 8.78 Å². The van der Waals surface area contributed by atoms with Gasteiger partial charge in [-0.15, -0.1) is 0 Å². The normalized spacial score (nSPS) is 14.6. The molecule has 1 heterocycles. The number of carbonyl (C=O) groups is 2. The van der Waals surface area contributed by atoms with Crippen molar-refractivity contribution >= 4 is 17.6 Å². The number of anilines is 1. The van der Waals surface area contributed by atoms with E-state index in [1.54, 1.807) is 37.3 Å². The Morgan fingerprint density at radius 1 is 1.20 bits per heavy atom. The van der Waals surface area contributed by atoms with Crippen LogP contribution in [0, 0.1) is 0 Å². The standard InChI is InChI=1S/C18H15F2NO4/c1-10(17(23)24)11-2-5-13(6-3-11)21-9-12-4-7-14(25-18(19)20)8-15(12)16(21)22/h2-8,10,18H,9H2,1H3,(H,23,24). The van der Waals surface area contributed by atoms with Gasteiger partial charge in [0.1, 0.15) is 5.75 Å². The Balaban J connectivity index is 1.83. The molecule has 0 saturated heterocycles. The van der Waals surface area contributed by atoms with Gasteiger partial charge in [0, 0.05) is 11.3 Å². The molecule has 0 fully saturated rings. The number of rotatable bonds is 5. The molecule has 1 aliphatic rings. The van der Waals surface area contributed by atoms with Crippen molar-refractivity contribution in [2.75, 3.05) is 4.90 Å². The Kier molecular flexibility index (Phi) is 4.39. The summed E-state index contributed by atoms with van der Waals surface area (Å²) in [6, 6.07) is 11.0. The Morgan fingerprint density at radius 2 is 1.88 bits per heavy atom. The van der Waals surface area contributed by atoms with E-state index in [4.69, 9.17) is 5.11 Å². The number of hydrogen-bond acceptors (Lipinski definition) is 3. The molecule has 0 saturated carbocycles. The fourth-order valence-corrected chi connectivity index (χ4v) is 2.75. The number of carboxylic acid groups (broad SMARTS) is 1. The fourth-order valence-electron chi connectivity index (χ4n) is 2.75. The van der Waals surface area contributed by atoms with Gasteiger partial charge < -0.3 is 14.7 Å². The second-order valence-corrected chi connectivity index (χ2v) is 5.74. The van der Waals surface area contributed by atoms with Crippen LogP contribution in [0.5, 0.6) is 5.75 Å². The van der Waals surface area contributed by atoms with Crippen molar-refractivity contribution in [2.45, 2.75) is 26.0 Å². The maximum absolute atomic E-state index is 12.6. The lowest BCUT2D eigenvalue weighted by Gasteiger charge is -2.16. The molecule has 3 rings (SSSR count).